The topological polar surface area (TPSA) is 26.0 Å². The highest BCUT2D eigenvalue weighted by Crippen LogP contribution is 2.26. The van der Waals surface area contributed by atoms with Gasteiger partial charge in [0.1, 0.15) is 0 Å². The largest absolute Gasteiger partial charge is 0.320 e. The summed E-state index contributed by atoms with van der Waals surface area (Å²) in [5.74, 6) is 0.648. The Morgan fingerprint density at radius 2 is 1.85 bits per heavy atom. The van der Waals surface area contributed by atoms with Gasteiger partial charge >= 0.3 is 0 Å². The molecule has 0 spiro atoms. The van der Waals surface area contributed by atoms with Gasteiger partial charge in [0.25, 0.3) is 0 Å². The molecule has 0 saturated carbocycles. The van der Waals surface area contributed by atoms with Gasteiger partial charge in [0, 0.05) is 5.02 Å². The van der Waals surface area contributed by atoms with Crippen molar-refractivity contribution in [1.29, 1.82) is 0 Å². The lowest BCUT2D eigenvalue weighted by atomic mass is 9.93. The van der Waals surface area contributed by atoms with E-state index in [1.807, 2.05) is 18.2 Å². The van der Waals surface area contributed by atoms with Crippen molar-refractivity contribution in [2.75, 3.05) is 0 Å². The van der Waals surface area contributed by atoms with Crippen LogP contribution in [0.1, 0.15) is 42.1 Å². The summed E-state index contributed by atoms with van der Waals surface area (Å²) in [4.78, 5) is 0. The summed E-state index contributed by atoms with van der Waals surface area (Å²) in [6.45, 7) is 6.53. The molecule has 0 fully saturated rings. The zero-order chi connectivity index (χ0) is 14.7. The molecule has 0 heterocycles. The van der Waals surface area contributed by atoms with E-state index in [0.29, 0.717) is 5.92 Å². The van der Waals surface area contributed by atoms with E-state index in [0.717, 1.165) is 22.6 Å². The Balaban J connectivity index is 2.33. The van der Waals surface area contributed by atoms with Crippen molar-refractivity contribution in [3.63, 3.8) is 0 Å². The number of benzene rings is 2. The molecule has 0 radical (unpaired) electrons. The minimum atomic E-state index is -0.124. The SMILES string of the molecule is Cc1ccc(Cl)cc1C(N)c1cccc(CC(C)C)c1. The Labute approximate surface area is 126 Å². The van der Waals surface area contributed by atoms with Gasteiger partial charge in [0.2, 0.25) is 0 Å². The third kappa shape index (κ3) is 3.62. The zero-order valence-electron chi connectivity index (χ0n) is 12.4. The fourth-order valence-corrected chi connectivity index (χ4v) is 2.69. The summed E-state index contributed by atoms with van der Waals surface area (Å²) in [5.41, 5.74) is 11.2. The minimum absolute atomic E-state index is 0.124. The van der Waals surface area contributed by atoms with E-state index in [4.69, 9.17) is 17.3 Å². The van der Waals surface area contributed by atoms with E-state index in [1.54, 1.807) is 0 Å². The third-order valence-electron chi connectivity index (χ3n) is 3.53. The van der Waals surface area contributed by atoms with Crippen molar-refractivity contribution < 1.29 is 0 Å². The number of rotatable bonds is 4. The van der Waals surface area contributed by atoms with Crippen molar-refractivity contribution in [2.45, 2.75) is 33.2 Å². The van der Waals surface area contributed by atoms with Gasteiger partial charge in [0.05, 0.1) is 6.04 Å². The van der Waals surface area contributed by atoms with E-state index < -0.39 is 0 Å². The molecule has 0 aromatic heterocycles. The summed E-state index contributed by atoms with van der Waals surface area (Å²) < 4.78 is 0. The van der Waals surface area contributed by atoms with E-state index in [-0.39, 0.29) is 6.04 Å². The molecule has 1 unspecified atom stereocenters. The first-order valence-corrected chi connectivity index (χ1v) is 7.45. The smallest absolute Gasteiger partial charge is 0.0554 e. The highest BCUT2D eigenvalue weighted by Gasteiger charge is 2.12. The number of hydrogen-bond acceptors (Lipinski definition) is 1. The number of hydrogen-bond donors (Lipinski definition) is 1. The lowest BCUT2D eigenvalue weighted by molar-refractivity contribution is 0.646. The van der Waals surface area contributed by atoms with Crippen LogP contribution in [0.2, 0.25) is 5.02 Å². The number of halogens is 1. The normalized spacial score (nSPS) is 12.7. The first-order valence-electron chi connectivity index (χ1n) is 7.08. The Morgan fingerprint density at radius 1 is 1.10 bits per heavy atom. The van der Waals surface area contributed by atoms with Gasteiger partial charge in [0.15, 0.2) is 0 Å². The molecule has 2 aromatic rings. The average molecular weight is 288 g/mol. The monoisotopic (exact) mass is 287 g/mol. The van der Waals surface area contributed by atoms with E-state index in [1.165, 1.54) is 11.1 Å². The second kappa shape index (κ2) is 6.43. The van der Waals surface area contributed by atoms with Gasteiger partial charge in [-0.2, -0.15) is 0 Å². The Hall–Kier alpha value is -1.31. The first-order chi connectivity index (χ1) is 9.47. The highest BCUT2D eigenvalue weighted by atomic mass is 35.5. The van der Waals surface area contributed by atoms with Crippen LogP contribution in [0.3, 0.4) is 0 Å². The van der Waals surface area contributed by atoms with Crippen LogP contribution in [0.15, 0.2) is 42.5 Å². The van der Waals surface area contributed by atoms with Gasteiger partial charge < -0.3 is 5.73 Å². The molecule has 1 nitrogen and oxygen atoms in total. The van der Waals surface area contributed by atoms with Gasteiger partial charge in [-0.1, -0.05) is 55.8 Å². The van der Waals surface area contributed by atoms with E-state index in [9.17, 15) is 0 Å². The lowest BCUT2D eigenvalue weighted by Gasteiger charge is -2.17. The van der Waals surface area contributed by atoms with Gasteiger partial charge in [-0.15, -0.1) is 0 Å². The van der Waals surface area contributed by atoms with Crippen LogP contribution >= 0.6 is 11.6 Å². The van der Waals surface area contributed by atoms with Crippen molar-refractivity contribution in [1.82, 2.24) is 0 Å². The van der Waals surface area contributed by atoms with Crippen LogP contribution in [-0.2, 0) is 6.42 Å². The van der Waals surface area contributed by atoms with Crippen molar-refractivity contribution in [3.05, 3.63) is 69.7 Å². The summed E-state index contributed by atoms with van der Waals surface area (Å²) in [5, 5.41) is 0.736. The second-order valence-corrected chi connectivity index (χ2v) is 6.26. The number of aryl methyl sites for hydroxylation is 1. The Morgan fingerprint density at radius 3 is 2.55 bits per heavy atom. The highest BCUT2D eigenvalue weighted by molar-refractivity contribution is 6.30. The lowest BCUT2D eigenvalue weighted by Crippen LogP contribution is -2.13. The molecule has 0 aliphatic rings. The minimum Gasteiger partial charge on any atom is -0.320 e. The van der Waals surface area contributed by atoms with Crippen LogP contribution in [0.4, 0.5) is 0 Å². The summed E-state index contributed by atoms with van der Waals surface area (Å²) in [6.07, 6.45) is 1.08. The molecular formula is C18H22ClN. The fraction of sp³-hybridized carbons (Fsp3) is 0.333. The van der Waals surface area contributed by atoms with Crippen LogP contribution < -0.4 is 5.73 Å². The quantitative estimate of drug-likeness (QED) is 0.851. The molecule has 106 valence electrons. The third-order valence-corrected chi connectivity index (χ3v) is 3.77. The molecule has 2 N–H and O–H groups in total. The Kier molecular flexibility index (Phi) is 4.85. The van der Waals surface area contributed by atoms with Gasteiger partial charge in [-0.25, -0.2) is 0 Å². The van der Waals surface area contributed by atoms with Crippen LogP contribution in [0, 0.1) is 12.8 Å². The Bertz CT molecular complexity index is 590. The summed E-state index contributed by atoms with van der Waals surface area (Å²) in [6, 6.07) is 14.3. The average Bonchev–Trinajstić information content (AvgIpc) is 2.40. The van der Waals surface area contributed by atoms with Crippen molar-refractivity contribution in [2.24, 2.45) is 11.7 Å². The van der Waals surface area contributed by atoms with E-state index >= 15 is 0 Å². The van der Waals surface area contributed by atoms with Crippen LogP contribution in [0.25, 0.3) is 0 Å². The molecule has 0 saturated heterocycles. The maximum atomic E-state index is 6.43. The predicted octanol–water partition coefficient (Wildman–Crippen LogP) is 4.90. The molecular weight excluding hydrogens is 266 g/mol. The molecule has 0 amide bonds. The van der Waals surface area contributed by atoms with Crippen LogP contribution in [-0.4, -0.2) is 0 Å². The zero-order valence-corrected chi connectivity index (χ0v) is 13.1. The molecule has 0 aliphatic carbocycles. The summed E-state index contributed by atoms with van der Waals surface area (Å²) >= 11 is 6.09. The first kappa shape index (κ1) is 15.1. The molecule has 0 bridgehead atoms. The maximum absolute atomic E-state index is 6.43. The maximum Gasteiger partial charge on any atom is 0.0554 e. The van der Waals surface area contributed by atoms with Crippen molar-refractivity contribution in [3.8, 4) is 0 Å². The molecule has 0 aliphatic heterocycles. The standard InChI is InChI=1S/C18H22ClN/c1-12(2)9-14-5-4-6-15(10-14)18(20)17-11-16(19)8-7-13(17)3/h4-8,10-12,18H,9,20H2,1-3H3. The number of nitrogens with two attached hydrogens (primary N) is 1. The predicted molar refractivity (Wildman–Crippen MR) is 87.2 cm³/mol. The van der Waals surface area contributed by atoms with E-state index in [2.05, 4.69) is 45.0 Å². The van der Waals surface area contributed by atoms with Crippen molar-refractivity contribution >= 4 is 11.6 Å². The molecule has 2 rings (SSSR count). The molecule has 2 heteroatoms. The van der Waals surface area contributed by atoms with Crippen LogP contribution in [0.5, 0.6) is 0 Å². The summed E-state index contributed by atoms with van der Waals surface area (Å²) in [7, 11) is 0. The molecule has 1 atom stereocenters. The van der Waals surface area contributed by atoms with Gasteiger partial charge in [-0.3, -0.25) is 0 Å². The second-order valence-electron chi connectivity index (χ2n) is 5.82. The molecule has 2 aromatic carbocycles. The van der Waals surface area contributed by atoms with Gasteiger partial charge in [-0.05, 0) is 53.6 Å². The molecule has 20 heavy (non-hydrogen) atoms. The fourth-order valence-electron chi connectivity index (χ4n) is 2.51.